The fraction of sp³-hybridized carbons (Fsp3) is 0.450. The summed E-state index contributed by atoms with van der Waals surface area (Å²) in [4.78, 5) is 23.5. The Labute approximate surface area is 160 Å². The Morgan fingerprint density at radius 1 is 1.19 bits per heavy atom. The first kappa shape index (κ1) is 19.3. The van der Waals surface area contributed by atoms with Crippen LogP contribution in [0.1, 0.15) is 27.2 Å². The van der Waals surface area contributed by atoms with Crippen molar-refractivity contribution in [2.75, 3.05) is 50.0 Å². The second kappa shape index (κ2) is 8.92. The Balaban J connectivity index is 1.60. The number of aryl methyl sites for hydroxylation is 3. The van der Waals surface area contributed by atoms with Gasteiger partial charge in [-0.05, 0) is 38.0 Å². The minimum absolute atomic E-state index is 0.233. The van der Waals surface area contributed by atoms with Crippen LogP contribution in [0.15, 0.2) is 24.4 Å². The fourth-order valence-electron chi connectivity index (χ4n) is 3.28. The maximum Gasteiger partial charge on any atom is 0.274 e. The van der Waals surface area contributed by atoms with E-state index in [1.807, 2.05) is 20.8 Å². The summed E-state index contributed by atoms with van der Waals surface area (Å²) in [6, 6.07) is 5.74. The van der Waals surface area contributed by atoms with Crippen molar-refractivity contribution in [2.45, 2.75) is 20.8 Å². The highest BCUT2D eigenvalue weighted by Gasteiger charge is 2.13. The molecule has 1 amide bonds. The quantitative estimate of drug-likeness (QED) is 0.814. The number of amides is 1. The van der Waals surface area contributed by atoms with E-state index in [0.29, 0.717) is 11.6 Å². The molecule has 144 valence electrons. The minimum atomic E-state index is -0.233. The number of nitrogens with zero attached hydrogens (tertiary/aromatic N) is 3. The Bertz CT molecular complexity index is 780. The van der Waals surface area contributed by atoms with Crippen molar-refractivity contribution in [3.05, 3.63) is 46.8 Å². The van der Waals surface area contributed by atoms with Gasteiger partial charge in [-0.15, -0.1) is 0 Å². The topological polar surface area (TPSA) is 79.4 Å². The number of carbonyl (C=O) groups excluding carboxylic acids is 1. The molecule has 0 unspecified atom stereocenters. The van der Waals surface area contributed by atoms with Crippen LogP contribution in [0, 0.1) is 20.8 Å². The van der Waals surface area contributed by atoms with Gasteiger partial charge in [0.2, 0.25) is 5.95 Å². The van der Waals surface area contributed by atoms with Crippen molar-refractivity contribution in [1.29, 1.82) is 0 Å². The summed E-state index contributed by atoms with van der Waals surface area (Å²) in [7, 11) is 0. The number of nitrogens with one attached hydrogen (secondary N) is 2. The zero-order valence-electron chi connectivity index (χ0n) is 16.2. The predicted octanol–water partition coefficient (Wildman–Crippen LogP) is 2.40. The van der Waals surface area contributed by atoms with E-state index in [-0.39, 0.29) is 5.91 Å². The highest BCUT2D eigenvalue weighted by molar-refractivity contribution is 6.03. The molecule has 1 aliphatic heterocycles. The van der Waals surface area contributed by atoms with Crippen molar-refractivity contribution >= 4 is 17.5 Å². The first-order valence-corrected chi connectivity index (χ1v) is 9.29. The van der Waals surface area contributed by atoms with Crippen molar-refractivity contribution in [1.82, 2.24) is 14.9 Å². The standard InChI is InChI=1S/C20H27N5O2/c1-14-12-15(2)18(16(3)13-14)24-19(26)17-4-5-21-20(23-17)22-6-7-25-8-10-27-11-9-25/h4-5,12-13H,6-11H2,1-3H3,(H,24,26)(H,21,22,23). The number of hydrogen-bond donors (Lipinski definition) is 2. The molecule has 0 bridgehead atoms. The third-order valence-corrected chi connectivity index (χ3v) is 4.62. The summed E-state index contributed by atoms with van der Waals surface area (Å²) in [6.45, 7) is 11.1. The number of morpholine rings is 1. The largest absolute Gasteiger partial charge is 0.379 e. The monoisotopic (exact) mass is 369 g/mol. The molecule has 0 radical (unpaired) electrons. The van der Waals surface area contributed by atoms with E-state index < -0.39 is 0 Å². The number of ether oxygens (including phenoxy) is 1. The van der Waals surface area contributed by atoms with Crippen LogP contribution in [0.25, 0.3) is 0 Å². The Hall–Kier alpha value is -2.51. The van der Waals surface area contributed by atoms with Gasteiger partial charge in [-0.1, -0.05) is 17.7 Å². The molecule has 1 fully saturated rings. The van der Waals surface area contributed by atoms with Gasteiger partial charge in [0, 0.05) is 38.1 Å². The van der Waals surface area contributed by atoms with Crippen molar-refractivity contribution in [3.63, 3.8) is 0 Å². The first-order valence-electron chi connectivity index (χ1n) is 9.29. The van der Waals surface area contributed by atoms with E-state index >= 15 is 0 Å². The molecule has 1 aromatic heterocycles. The Morgan fingerprint density at radius 3 is 2.59 bits per heavy atom. The molecule has 0 saturated carbocycles. The number of benzene rings is 1. The van der Waals surface area contributed by atoms with Gasteiger partial charge in [0.05, 0.1) is 13.2 Å². The molecule has 3 rings (SSSR count). The highest BCUT2D eigenvalue weighted by Crippen LogP contribution is 2.22. The van der Waals surface area contributed by atoms with E-state index in [9.17, 15) is 4.79 Å². The summed E-state index contributed by atoms with van der Waals surface area (Å²) < 4.78 is 5.35. The number of carbonyl (C=O) groups is 1. The average Bonchev–Trinajstić information content (AvgIpc) is 2.65. The first-order chi connectivity index (χ1) is 13.0. The zero-order valence-corrected chi connectivity index (χ0v) is 16.2. The van der Waals surface area contributed by atoms with E-state index in [1.54, 1.807) is 12.3 Å². The lowest BCUT2D eigenvalue weighted by atomic mass is 10.1. The lowest BCUT2D eigenvalue weighted by molar-refractivity contribution is 0.0398. The molecule has 2 N–H and O–H groups in total. The number of rotatable bonds is 6. The van der Waals surface area contributed by atoms with Crippen LogP contribution in [-0.2, 0) is 4.74 Å². The molecule has 7 heteroatoms. The molecule has 27 heavy (non-hydrogen) atoms. The van der Waals surface area contributed by atoms with Crippen LogP contribution in [0.4, 0.5) is 11.6 Å². The Kier molecular flexibility index (Phi) is 6.36. The zero-order chi connectivity index (χ0) is 19.2. The van der Waals surface area contributed by atoms with Crippen LogP contribution in [-0.4, -0.2) is 60.2 Å². The maximum atomic E-state index is 12.6. The summed E-state index contributed by atoms with van der Waals surface area (Å²) in [5.41, 5.74) is 4.44. The SMILES string of the molecule is Cc1cc(C)c(NC(=O)c2ccnc(NCCN3CCOCC3)n2)c(C)c1. The molecule has 0 spiro atoms. The minimum Gasteiger partial charge on any atom is -0.379 e. The van der Waals surface area contributed by atoms with E-state index in [1.165, 1.54) is 5.56 Å². The summed E-state index contributed by atoms with van der Waals surface area (Å²) in [5.74, 6) is 0.233. The van der Waals surface area contributed by atoms with Crippen LogP contribution < -0.4 is 10.6 Å². The van der Waals surface area contributed by atoms with E-state index in [4.69, 9.17) is 4.74 Å². The van der Waals surface area contributed by atoms with Crippen LogP contribution in [0.2, 0.25) is 0 Å². The number of aromatic nitrogens is 2. The lowest BCUT2D eigenvalue weighted by Crippen LogP contribution is -2.39. The van der Waals surface area contributed by atoms with Gasteiger partial charge in [-0.2, -0.15) is 0 Å². The molecule has 1 saturated heterocycles. The second-order valence-electron chi connectivity index (χ2n) is 6.87. The van der Waals surface area contributed by atoms with Gasteiger partial charge in [-0.25, -0.2) is 9.97 Å². The molecule has 1 aliphatic rings. The van der Waals surface area contributed by atoms with E-state index in [2.05, 4.69) is 37.6 Å². The molecule has 7 nitrogen and oxygen atoms in total. The molecule has 2 heterocycles. The van der Waals surface area contributed by atoms with Crippen molar-refractivity contribution < 1.29 is 9.53 Å². The van der Waals surface area contributed by atoms with Gasteiger partial charge in [0.15, 0.2) is 0 Å². The maximum absolute atomic E-state index is 12.6. The van der Waals surface area contributed by atoms with Gasteiger partial charge in [0.1, 0.15) is 5.69 Å². The van der Waals surface area contributed by atoms with Crippen molar-refractivity contribution in [2.24, 2.45) is 0 Å². The molecular formula is C20H27N5O2. The average molecular weight is 369 g/mol. The third-order valence-electron chi connectivity index (χ3n) is 4.62. The molecule has 0 atom stereocenters. The lowest BCUT2D eigenvalue weighted by Gasteiger charge is -2.26. The number of anilines is 2. The van der Waals surface area contributed by atoms with Gasteiger partial charge < -0.3 is 15.4 Å². The van der Waals surface area contributed by atoms with Crippen molar-refractivity contribution in [3.8, 4) is 0 Å². The van der Waals surface area contributed by atoms with Gasteiger partial charge in [0.25, 0.3) is 5.91 Å². The smallest absolute Gasteiger partial charge is 0.274 e. The molecule has 2 aromatic rings. The molecular weight excluding hydrogens is 342 g/mol. The summed E-state index contributed by atoms with van der Waals surface area (Å²) >= 11 is 0. The molecule has 0 aliphatic carbocycles. The van der Waals surface area contributed by atoms with Gasteiger partial charge in [-0.3, -0.25) is 9.69 Å². The number of hydrogen-bond acceptors (Lipinski definition) is 6. The van der Waals surface area contributed by atoms with E-state index in [0.717, 1.165) is 56.2 Å². The summed E-state index contributed by atoms with van der Waals surface area (Å²) in [6.07, 6.45) is 1.60. The third kappa shape index (κ3) is 5.24. The second-order valence-corrected chi connectivity index (χ2v) is 6.87. The predicted molar refractivity (Wildman–Crippen MR) is 106 cm³/mol. The van der Waals surface area contributed by atoms with Crippen LogP contribution >= 0.6 is 0 Å². The highest BCUT2D eigenvalue weighted by atomic mass is 16.5. The fourth-order valence-corrected chi connectivity index (χ4v) is 3.28. The molecule has 1 aromatic carbocycles. The van der Waals surface area contributed by atoms with Gasteiger partial charge >= 0.3 is 0 Å². The van der Waals surface area contributed by atoms with Crippen LogP contribution in [0.5, 0.6) is 0 Å². The van der Waals surface area contributed by atoms with Crippen LogP contribution in [0.3, 0.4) is 0 Å². The Morgan fingerprint density at radius 2 is 1.89 bits per heavy atom. The normalized spacial score (nSPS) is 14.8. The summed E-state index contributed by atoms with van der Waals surface area (Å²) in [5, 5.41) is 6.17.